The van der Waals surface area contributed by atoms with Gasteiger partial charge in [-0.05, 0) is 61.7 Å². The van der Waals surface area contributed by atoms with Crippen LogP contribution in [0.15, 0.2) is 0 Å². The molecule has 168 valence electrons. The number of hydrogen-bond acceptors (Lipinski definition) is 2. The van der Waals surface area contributed by atoms with Gasteiger partial charge in [0.05, 0.1) is 0 Å². The molecule has 0 saturated heterocycles. The van der Waals surface area contributed by atoms with E-state index in [2.05, 4.69) is 0 Å². The molecule has 0 aromatic carbocycles. The summed E-state index contributed by atoms with van der Waals surface area (Å²) in [7, 11) is 0. The zero-order valence-corrected chi connectivity index (χ0v) is 18.2. The van der Waals surface area contributed by atoms with Crippen LogP contribution in [0, 0.1) is 29.6 Å². The molecule has 0 heterocycles. The third kappa shape index (κ3) is 3.77. The van der Waals surface area contributed by atoms with Gasteiger partial charge in [-0.15, -0.1) is 0 Å². The minimum atomic E-state index is -6.41. The van der Waals surface area contributed by atoms with Crippen LogP contribution in [0.25, 0.3) is 0 Å². The zero-order valence-electron chi connectivity index (χ0n) is 16.0. The van der Waals surface area contributed by atoms with Gasteiger partial charge in [-0.1, -0.05) is 36.4 Å². The first-order valence-electron chi connectivity index (χ1n) is 9.81. The molecule has 0 aromatic rings. The van der Waals surface area contributed by atoms with Crippen molar-refractivity contribution in [3.63, 3.8) is 0 Å². The molecule has 4 aliphatic rings. The first-order chi connectivity index (χ1) is 13.1. The largest absolute Gasteiger partial charge is 0.459 e. The van der Waals surface area contributed by atoms with E-state index < -0.39 is 39.9 Å². The summed E-state index contributed by atoms with van der Waals surface area (Å²) < 4.78 is 95.0. The van der Waals surface area contributed by atoms with Gasteiger partial charge in [0, 0.05) is 6.42 Å². The Hall–Kier alpha value is -0.290. The van der Waals surface area contributed by atoms with Crippen molar-refractivity contribution >= 4 is 28.6 Å². The van der Waals surface area contributed by atoms with Crippen LogP contribution in [-0.2, 0) is 9.53 Å². The molecule has 0 aliphatic heterocycles. The van der Waals surface area contributed by atoms with Crippen molar-refractivity contribution in [3.05, 3.63) is 0 Å². The molecule has 1 atom stereocenters. The minimum Gasteiger partial charge on any atom is -0.457 e. The average Bonchev–Trinajstić information content (AvgIpc) is 2.55. The Morgan fingerprint density at radius 3 is 1.79 bits per heavy atom. The topological polar surface area (TPSA) is 26.3 Å². The third-order valence-electron chi connectivity index (χ3n) is 7.10. The Labute approximate surface area is 178 Å². The van der Waals surface area contributed by atoms with Crippen LogP contribution in [0.1, 0.15) is 52.4 Å². The lowest BCUT2D eigenvalue weighted by Gasteiger charge is -2.62. The van der Waals surface area contributed by atoms with Crippen LogP contribution in [-0.4, -0.2) is 33.5 Å². The summed E-state index contributed by atoms with van der Waals surface area (Å²) in [6.45, 7) is 3.76. The molecular weight excluding hydrogens is 520 g/mol. The standard InChI is InChI=1S/C19H24F7IO2/c1-9(2)17(12-4-10-3-11(6-12)7-13(17)5-10)29-15(28)14(27)8-16(20,21)18(22,23)19(24,25)26/h9-14H,3-8H2,1-2H3. The van der Waals surface area contributed by atoms with Crippen molar-refractivity contribution in [2.24, 2.45) is 29.6 Å². The maximum absolute atomic E-state index is 13.7. The Balaban J connectivity index is 1.76. The number of alkyl halides is 8. The first kappa shape index (κ1) is 23.4. The molecule has 4 fully saturated rings. The molecule has 10 heteroatoms. The predicted octanol–water partition coefficient (Wildman–Crippen LogP) is 6.41. The molecule has 1 unspecified atom stereocenters. The van der Waals surface area contributed by atoms with Crippen LogP contribution in [0.3, 0.4) is 0 Å². The lowest BCUT2D eigenvalue weighted by atomic mass is 9.47. The highest BCUT2D eigenvalue weighted by Crippen LogP contribution is 2.62. The Bertz CT molecular complexity index is 619. The Kier molecular flexibility index (Phi) is 5.96. The number of hydrogen-bond donors (Lipinski definition) is 0. The molecule has 4 saturated carbocycles. The smallest absolute Gasteiger partial charge is 0.457 e. The maximum atomic E-state index is 13.7. The summed E-state index contributed by atoms with van der Waals surface area (Å²) in [5, 5.41) is 0. The maximum Gasteiger partial charge on any atom is 0.459 e. The van der Waals surface area contributed by atoms with Crippen LogP contribution in [0.4, 0.5) is 30.7 Å². The van der Waals surface area contributed by atoms with Crippen molar-refractivity contribution < 1.29 is 40.3 Å². The van der Waals surface area contributed by atoms with Gasteiger partial charge in [-0.3, -0.25) is 4.79 Å². The van der Waals surface area contributed by atoms with Crippen LogP contribution >= 0.6 is 22.6 Å². The van der Waals surface area contributed by atoms with Gasteiger partial charge in [0.25, 0.3) is 0 Å². The molecule has 4 aliphatic carbocycles. The van der Waals surface area contributed by atoms with Gasteiger partial charge in [0.2, 0.25) is 0 Å². The number of carbonyl (C=O) groups excluding carboxylic acids is 1. The Morgan fingerprint density at radius 2 is 1.41 bits per heavy atom. The molecule has 0 N–H and O–H groups in total. The van der Waals surface area contributed by atoms with Crippen LogP contribution < -0.4 is 0 Å². The van der Waals surface area contributed by atoms with E-state index in [9.17, 15) is 35.5 Å². The van der Waals surface area contributed by atoms with Gasteiger partial charge in [-0.25, -0.2) is 0 Å². The molecule has 4 bridgehead atoms. The summed E-state index contributed by atoms with van der Waals surface area (Å²) in [6.07, 6.45) is -3.73. The monoisotopic (exact) mass is 544 g/mol. The molecule has 2 nitrogen and oxygen atoms in total. The van der Waals surface area contributed by atoms with Gasteiger partial charge < -0.3 is 4.74 Å². The van der Waals surface area contributed by atoms with Gasteiger partial charge in [0.15, 0.2) is 0 Å². The van der Waals surface area contributed by atoms with Crippen molar-refractivity contribution in [3.8, 4) is 0 Å². The second-order valence-electron chi connectivity index (χ2n) is 9.18. The molecular formula is C19H24F7IO2. The van der Waals surface area contributed by atoms with Crippen LogP contribution in [0.5, 0.6) is 0 Å². The quantitative estimate of drug-likeness (QED) is 0.167. The lowest BCUT2D eigenvalue weighted by Crippen LogP contribution is -2.63. The summed E-state index contributed by atoms with van der Waals surface area (Å²) >= 11 is 1.19. The minimum absolute atomic E-state index is 0.0726. The average molecular weight is 544 g/mol. The van der Waals surface area contributed by atoms with Gasteiger partial charge >= 0.3 is 24.0 Å². The van der Waals surface area contributed by atoms with Crippen LogP contribution in [0.2, 0.25) is 0 Å². The summed E-state index contributed by atoms with van der Waals surface area (Å²) in [5.41, 5.74) is -0.865. The zero-order chi connectivity index (χ0) is 22.0. The second-order valence-corrected chi connectivity index (χ2v) is 10.7. The number of carbonyl (C=O) groups is 1. The fourth-order valence-corrected chi connectivity index (χ4v) is 6.71. The van der Waals surface area contributed by atoms with E-state index >= 15 is 0 Å². The normalized spacial score (nSPS) is 35.8. The number of ether oxygens (including phenoxy) is 1. The van der Waals surface area contributed by atoms with E-state index in [0.717, 1.165) is 32.1 Å². The fraction of sp³-hybridized carbons (Fsp3) is 0.947. The highest BCUT2D eigenvalue weighted by atomic mass is 127. The summed E-state index contributed by atoms with van der Waals surface area (Å²) in [6, 6.07) is 0. The Morgan fingerprint density at radius 1 is 0.966 bits per heavy atom. The van der Waals surface area contributed by atoms with Crippen molar-refractivity contribution in [1.29, 1.82) is 0 Å². The summed E-state index contributed by atoms with van der Waals surface area (Å²) in [4.78, 5) is 12.6. The predicted molar refractivity (Wildman–Crippen MR) is 99.1 cm³/mol. The lowest BCUT2D eigenvalue weighted by molar-refractivity contribution is -0.355. The van der Waals surface area contributed by atoms with E-state index in [1.807, 2.05) is 13.8 Å². The van der Waals surface area contributed by atoms with Crippen molar-refractivity contribution in [2.45, 2.75) is 79.9 Å². The summed E-state index contributed by atoms with van der Waals surface area (Å²) in [5.74, 6) is -11.6. The molecule has 0 spiro atoms. The number of rotatable bonds is 6. The van der Waals surface area contributed by atoms with Crippen molar-refractivity contribution in [2.75, 3.05) is 0 Å². The van der Waals surface area contributed by atoms with Gasteiger partial charge in [-0.2, -0.15) is 30.7 Å². The van der Waals surface area contributed by atoms with E-state index in [-0.39, 0.29) is 17.8 Å². The molecule has 0 amide bonds. The molecule has 0 aromatic heterocycles. The fourth-order valence-electron chi connectivity index (χ4n) is 6.03. The third-order valence-corrected chi connectivity index (χ3v) is 8.05. The molecule has 4 rings (SSSR count). The highest BCUT2D eigenvalue weighted by Gasteiger charge is 2.73. The number of esters is 1. The van der Waals surface area contributed by atoms with E-state index in [1.54, 1.807) is 0 Å². The first-order valence-corrected chi connectivity index (χ1v) is 11.1. The SMILES string of the molecule is CC(C)C1(OC(=O)C(I)CC(F)(F)C(F)(F)C(F)(F)F)C2CC3CC(C2)CC1C3. The highest BCUT2D eigenvalue weighted by molar-refractivity contribution is 14.1. The number of halogens is 8. The van der Waals surface area contributed by atoms with E-state index in [1.165, 1.54) is 22.6 Å². The second kappa shape index (κ2) is 7.39. The van der Waals surface area contributed by atoms with Gasteiger partial charge in [0.1, 0.15) is 9.53 Å². The molecule has 0 radical (unpaired) electrons. The van der Waals surface area contributed by atoms with Crippen molar-refractivity contribution in [1.82, 2.24) is 0 Å². The molecule has 29 heavy (non-hydrogen) atoms. The van der Waals surface area contributed by atoms with E-state index in [4.69, 9.17) is 4.74 Å². The van der Waals surface area contributed by atoms with E-state index in [0.29, 0.717) is 11.8 Å².